The molecule has 2 aliphatic rings. The Labute approximate surface area is 216 Å². The Hall–Kier alpha value is -2.94. The number of benzene rings is 3. The van der Waals surface area contributed by atoms with E-state index in [2.05, 4.69) is 26.0 Å². The summed E-state index contributed by atoms with van der Waals surface area (Å²) in [7, 11) is 0. The van der Waals surface area contributed by atoms with Crippen LogP contribution in [-0.4, -0.2) is 15.3 Å². The highest BCUT2D eigenvalue weighted by Gasteiger charge is 2.23. The van der Waals surface area contributed by atoms with Crippen LogP contribution in [0.1, 0.15) is 104 Å². The monoisotopic (exact) mass is 486 g/mol. The van der Waals surface area contributed by atoms with Crippen molar-refractivity contribution in [3.8, 4) is 28.4 Å². The number of hydrogen-bond acceptors (Lipinski definition) is 3. The first kappa shape index (κ1) is 26.1. The summed E-state index contributed by atoms with van der Waals surface area (Å²) in [5.74, 6) is 2.23. The van der Waals surface area contributed by atoms with Gasteiger partial charge in [0, 0.05) is 0 Å². The van der Waals surface area contributed by atoms with Crippen LogP contribution in [0.15, 0.2) is 48.5 Å². The van der Waals surface area contributed by atoms with Crippen molar-refractivity contribution in [3.63, 3.8) is 0 Å². The molecule has 3 heteroatoms. The normalized spacial score (nSPS) is 16.9. The average Bonchev–Trinajstić information content (AvgIpc) is 2.88. The van der Waals surface area contributed by atoms with Crippen molar-refractivity contribution >= 4 is 0 Å². The molecule has 0 amide bonds. The Morgan fingerprint density at radius 3 is 1.28 bits per heavy atom. The van der Waals surface area contributed by atoms with Gasteiger partial charge in [-0.1, -0.05) is 56.7 Å². The number of hydrogen-bond donors (Lipinski definition) is 3. The molecule has 2 fully saturated rings. The van der Waals surface area contributed by atoms with Gasteiger partial charge in [0.15, 0.2) is 0 Å². The molecule has 3 nitrogen and oxygen atoms in total. The minimum atomic E-state index is 0.368. The third-order valence-corrected chi connectivity index (χ3v) is 8.24. The van der Waals surface area contributed by atoms with Gasteiger partial charge in [-0.15, -0.1) is 0 Å². The molecule has 2 saturated carbocycles. The molecule has 0 radical (unpaired) electrons. The average molecular weight is 487 g/mol. The predicted octanol–water partition coefficient (Wildman–Crippen LogP) is 9.18. The molecule has 0 bridgehead atoms. The maximum Gasteiger partial charge on any atom is 0.119 e. The van der Waals surface area contributed by atoms with Crippen LogP contribution in [0.4, 0.5) is 0 Å². The second-order valence-corrected chi connectivity index (χ2v) is 10.9. The second kappa shape index (κ2) is 11.9. The second-order valence-electron chi connectivity index (χ2n) is 10.9. The molecule has 0 saturated heterocycles. The van der Waals surface area contributed by atoms with Gasteiger partial charge < -0.3 is 15.3 Å². The standard InChI is InChI=1S/C26H34O2.C7H8O/c1-17-13-25(27)23(19-9-5-3-6-10-19)15-21(17)22-16-24(26(28)14-18(22)2)20-11-7-4-8-12-20;1-6-4-2-3-5-7(6)8/h13-16,19-20,27-28H,3-12H2,1-2H3;2-5,8H,1H3. The Morgan fingerprint density at radius 2 is 0.917 bits per heavy atom. The van der Waals surface area contributed by atoms with E-state index < -0.39 is 0 Å². The van der Waals surface area contributed by atoms with Gasteiger partial charge in [-0.05, 0) is 128 Å². The number of aryl methyl sites for hydroxylation is 3. The van der Waals surface area contributed by atoms with Gasteiger partial charge in [0.1, 0.15) is 17.2 Å². The van der Waals surface area contributed by atoms with Gasteiger partial charge in [0.25, 0.3) is 0 Å². The zero-order chi connectivity index (χ0) is 25.7. The Bertz CT molecular complexity index is 1080. The maximum atomic E-state index is 10.6. The fourth-order valence-corrected chi connectivity index (χ4v) is 6.04. The molecular formula is C33H42O3. The molecule has 0 spiro atoms. The van der Waals surface area contributed by atoms with Gasteiger partial charge in [0.05, 0.1) is 0 Å². The van der Waals surface area contributed by atoms with Gasteiger partial charge >= 0.3 is 0 Å². The van der Waals surface area contributed by atoms with Gasteiger partial charge in [0.2, 0.25) is 0 Å². The number of phenols is 3. The summed E-state index contributed by atoms with van der Waals surface area (Å²) in [5.41, 5.74) is 7.81. The lowest BCUT2D eigenvalue weighted by Gasteiger charge is -2.26. The van der Waals surface area contributed by atoms with Crippen molar-refractivity contribution in [3.05, 3.63) is 76.3 Å². The Balaban J connectivity index is 0.000000325. The first-order chi connectivity index (χ1) is 17.3. The maximum absolute atomic E-state index is 10.6. The number of aromatic hydroxyl groups is 3. The molecule has 3 aromatic rings. The van der Waals surface area contributed by atoms with Crippen molar-refractivity contribution < 1.29 is 15.3 Å². The Kier molecular flexibility index (Phi) is 8.61. The van der Waals surface area contributed by atoms with E-state index in [-0.39, 0.29) is 0 Å². The highest BCUT2D eigenvalue weighted by atomic mass is 16.3. The minimum absolute atomic E-state index is 0.368. The lowest BCUT2D eigenvalue weighted by Crippen LogP contribution is -2.07. The SMILES string of the molecule is Cc1cc(O)c(C2CCCCC2)cc1-c1cc(C2CCCCC2)c(O)cc1C.Cc1ccccc1O. The van der Waals surface area contributed by atoms with Crippen LogP contribution in [0.5, 0.6) is 17.2 Å². The topological polar surface area (TPSA) is 60.7 Å². The predicted molar refractivity (Wildman–Crippen MR) is 149 cm³/mol. The van der Waals surface area contributed by atoms with E-state index in [9.17, 15) is 10.2 Å². The molecule has 36 heavy (non-hydrogen) atoms. The quantitative estimate of drug-likeness (QED) is 0.346. The van der Waals surface area contributed by atoms with Crippen LogP contribution in [-0.2, 0) is 0 Å². The lowest BCUT2D eigenvalue weighted by atomic mass is 9.80. The largest absolute Gasteiger partial charge is 0.508 e. The summed E-state index contributed by atoms with van der Waals surface area (Å²) in [6, 6.07) is 15.6. The van der Waals surface area contributed by atoms with E-state index >= 15 is 0 Å². The van der Waals surface area contributed by atoms with E-state index in [1.807, 2.05) is 37.3 Å². The molecular weight excluding hydrogens is 444 g/mol. The minimum Gasteiger partial charge on any atom is -0.508 e. The summed E-state index contributed by atoms with van der Waals surface area (Å²) in [6.45, 7) is 6.05. The molecule has 3 N–H and O–H groups in total. The van der Waals surface area contributed by atoms with E-state index in [1.54, 1.807) is 6.07 Å². The van der Waals surface area contributed by atoms with Crippen molar-refractivity contribution in [2.75, 3.05) is 0 Å². The zero-order valence-electron chi connectivity index (χ0n) is 22.2. The van der Waals surface area contributed by atoms with Crippen molar-refractivity contribution in [1.29, 1.82) is 0 Å². The summed E-state index contributed by atoms with van der Waals surface area (Å²) in [6.07, 6.45) is 12.4. The van der Waals surface area contributed by atoms with Crippen LogP contribution >= 0.6 is 0 Å². The molecule has 5 rings (SSSR count). The zero-order valence-corrected chi connectivity index (χ0v) is 22.2. The number of rotatable bonds is 3. The van der Waals surface area contributed by atoms with E-state index in [0.717, 1.165) is 27.8 Å². The molecule has 0 heterocycles. The fourth-order valence-electron chi connectivity index (χ4n) is 6.04. The van der Waals surface area contributed by atoms with Crippen molar-refractivity contribution in [2.45, 2.75) is 96.8 Å². The van der Waals surface area contributed by atoms with E-state index in [1.165, 1.54) is 75.3 Å². The van der Waals surface area contributed by atoms with Crippen LogP contribution < -0.4 is 0 Å². The highest BCUT2D eigenvalue weighted by Crippen LogP contribution is 2.44. The first-order valence-electron chi connectivity index (χ1n) is 13.8. The van der Waals surface area contributed by atoms with Gasteiger partial charge in [-0.3, -0.25) is 0 Å². The molecule has 0 aromatic heterocycles. The molecule has 0 unspecified atom stereocenters. The third-order valence-electron chi connectivity index (χ3n) is 8.24. The van der Waals surface area contributed by atoms with Crippen LogP contribution in [0.2, 0.25) is 0 Å². The van der Waals surface area contributed by atoms with Crippen molar-refractivity contribution in [2.24, 2.45) is 0 Å². The fraction of sp³-hybridized carbons (Fsp3) is 0.455. The molecule has 0 atom stereocenters. The van der Waals surface area contributed by atoms with Gasteiger partial charge in [-0.2, -0.15) is 0 Å². The van der Waals surface area contributed by atoms with E-state index in [4.69, 9.17) is 5.11 Å². The lowest BCUT2D eigenvalue weighted by molar-refractivity contribution is 0.413. The van der Waals surface area contributed by atoms with E-state index in [0.29, 0.717) is 29.1 Å². The summed E-state index contributed by atoms with van der Waals surface area (Å²) >= 11 is 0. The summed E-state index contributed by atoms with van der Waals surface area (Å²) in [5, 5.41) is 30.2. The Morgan fingerprint density at radius 1 is 0.500 bits per heavy atom. The van der Waals surface area contributed by atoms with Crippen molar-refractivity contribution in [1.82, 2.24) is 0 Å². The summed E-state index contributed by atoms with van der Waals surface area (Å²) in [4.78, 5) is 0. The molecule has 192 valence electrons. The summed E-state index contributed by atoms with van der Waals surface area (Å²) < 4.78 is 0. The van der Waals surface area contributed by atoms with Crippen LogP contribution in [0.3, 0.4) is 0 Å². The molecule has 2 aliphatic carbocycles. The highest BCUT2D eigenvalue weighted by molar-refractivity contribution is 5.74. The van der Waals surface area contributed by atoms with Crippen LogP contribution in [0.25, 0.3) is 11.1 Å². The molecule has 3 aromatic carbocycles. The van der Waals surface area contributed by atoms with Gasteiger partial charge in [-0.25, -0.2) is 0 Å². The van der Waals surface area contributed by atoms with Crippen LogP contribution in [0, 0.1) is 20.8 Å². The third kappa shape index (κ3) is 6.06. The first-order valence-corrected chi connectivity index (χ1v) is 13.8. The smallest absolute Gasteiger partial charge is 0.119 e. The number of para-hydroxylation sites is 1. The number of phenolic OH excluding ortho intramolecular Hbond substituents is 3. The molecule has 0 aliphatic heterocycles.